The molecule has 0 bridgehead atoms. The zero-order chi connectivity index (χ0) is 15.1. The number of nitrogens with one attached hydrogen (secondary N) is 1. The molecule has 0 fully saturated rings. The van der Waals surface area contributed by atoms with Crippen molar-refractivity contribution in [2.45, 2.75) is 32.9 Å². The van der Waals surface area contributed by atoms with Crippen molar-refractivity contribution in [2.75, 3.05) is 19.1 Å². The van der Waals surface area contributed by atoms with Crippen LogP contribution in [0.15, 0.2) is 16.5 Å². The van der Waals surface area contributed by atoms with Crippen molar-refractivity contribution in [3.63, 3.8) is 0 Å². The number of carbonyl (C=O) groups is 2. The van der Waals surface area contributed by atoms with Gasteiger partial charge >= 0.3 is 0 Å². The van der Waals surface area contributed by atoms with Crippen LogP contribution in [0, 0.1) is 6.92 Å². The molecule has 0 aliphatic rings. The third kappa shape index (κ3) is 5.28. The second-order valence-corrected chi connectivity index (χ2v) is 5.73. The molecule has 1 rings (SSSR count). The summed E-state index contributed by atoms with van der Waals surface area (Å²) in [6.07, 6.45) is 2.60. The summed E-state index contributed by atoms with van der Waals surface area (Å²) in [7, 11) is 1.72. The van der Waals surface area contributed by atoms with E-state index in [0.717, 1.165) is 17.3 Å². The van der Waals surface area contributed by atoms with Crippen LogP contribution in [0.3, 0.4) is 0 Å². The maximum atomic E-state index is 12.4. The van der Waals surface area contributed by atoms with Gasteiger partial charge in [-0.05, 0) is 37.5 Å². The molecule has 0 aromatic carbocycles. The van der Waals surface area contributed by atoms with Gasteiger partial charge in [0.05, 0.1) is 6.54 Å². The lowest BCUT2D eigenvalue weighted by molar-refractivity contribution is -0.135. The molecule has 1 heterocycles. The van der Waals surface area contributed by atoms with Crippen LogP contribution in [0.5, 0.6) is 0 Å². The fourth-order valence-electron chi connectivity index (χ4n) is 1.89. The summed E-state index contributed by atoms with van der Waals surface area (Å²) in [6.45, 7) is 3.70. The van der Waals surface area contributed by atoms with E-state index >= 15 is 0 Å². The van der Waals surface area contributed by atoms with Gasteiger partial charge in [-0.25, -0.2) is 0 Å². The van der Waals surface area contributed by atoms with Crippen LogP contribution in [-0.2, 0) is 16.1 Å². The number of furan rings is 1. The molecule has 1 atom stereocenters. The monoisotopic (exact) mass is 298 g/mol. The Kier molecular flexibility index (Phi) is 6.64. The molecule has 20 heavy (non-hydrogen) atoms. The number of hydrogen-bond donors (Lipinski definition) is 1. The van der Waals surface area contributed by atoms with E-state index in [0.29, 0.717) is 13.0 Å². The highest BCUT2D eigenvalue weighted by molar-refractivity contribution is 7.98. The van der Waals surface area contributed by atoms with Crippen LogP contribution >= 0.6 is 11.8 Å². The van der Waals surface area contributed by atoms with E-state index in [2.05, 4.69) is 5.32 Å². The molecule has 2 amide bonds. The Labute approximate surface area is 124 Å². The molecule has 6 heteroatoms. The van der Waals surface area contributed by atoms with E-state index in [1.54, 1.807) is 23.7 Å². The lowest BCUT2D eigenvalue weighted by Crippen LogP contribution is -2.46. The van der Waals surface area contributed by atoms with Gasteiger partial charge < -0.3 is 14.6 Å². The molecule has 0 aliphatic carbocycles. The molecule has 1 N–H and O–H groups in total. The van der Waals surface area contributed by atoms with Crippen molar-refractivity contribution >= 4 is 23.6 Å². The lowest BCUT2D eigenvalue weighted by atomic mass is 10.2. The third-order valence-electron chi connectivity index (χ3n) is 2.85. The van der Waals surface area contributed by atoms with Crippen molar-refractivity contribution in [1.29, 1.82) is 0 Å². The largest absolute Gasteiger partial charge is 0.464 e. The normalized spacial score (nSPS) is 12.0. The van der Waals surface area contributed by atoms with Crippen LogP contribution in [0.2, 0.25) is 0 Å². The van der Waals surface area contributed by atoms with E-state index in [1.807, 2.05) is 25.3 Å². The summed E-state index contributed by atoms with van der Waals surface area (Å²) in [5, 5.41) is 2.71. The molecule has 0 spiro atoms. The fourth-order valence-corrected chi connectivity index (χ4v) is 2.36. The first-order valence-corrected chi connectivity index (χ1v) is 7.89. The van der Waals surface area contributed by atoms with Gasteiger partial charge in [-0.1, -0.05) is 0 Å². The quantitative estimate of drug-likeness (QED) is 0.834. The molecule has 112 valence electrons. The summed E-state index contributed by atoms with van der Waals surface area (Å²) in [4.78, 5) is 25.1. The number of rotatable bonds is 7. The Morgan fingerprint density at radius 1 is 1.45 bits per heavy atom. The molecule has 0 radical (unpaired) electrons. The number of aryl methyl sites for hydroxylation is 1. The van der Waals surface area contributed by atoms with E-state index in [1.165, 1.54) is 6.92 Å². The van der Waals surface area contributed by atoms with Crippen LogP contribution in [0.1, 0.15) is 24.9 Å². The smallest absolute Gasteiger partial charge is 0.245 e. The predicted molar refractivity (Wildman–Crippen MR) is 80.5 cm³/mol. The zero-order valence-electron chi connectivity index (χ0n) is 12.4. The van der Waals surface area contributed by atoms with Gasteiger partial charge in [-0.15, -0.1) is 0 Å². The van der Waals surface area contributed by atoms with Gasteiger partial charge in [-0.2, -0.15) is 11.8 Å². The highest BCUT2D eigenvalue weighted by Crippen LogP contribution is 2.11. The second-order valence-electron chi connectivity index (χ2n) is 4.74. The minimum Gasteiger partial charge on any atom is -0.464 e. The molecule has 0 unspecified atom stereocenters. The van der Waals surface area contributed by atoms with Gasteiger partial charge in [0.15, 0.2) is 0 Å². The first-order chi connectivity index (χ1) is 9.43. The Bertz CT molecular complexity index is 459. The van der Waals surface area contributed by atoms with Crippen LogP contribution < -0.4 is 5.32 Å². The van der Waals surface area contributed by atoms with Gasteiger partial charge in [0.1, 0.15) is 17.6 Å². The van der Waals surface area contributed by atoms with E-state index < -0.39 is 6.04 Å². The Morgan fingerprint density at radius 3 is 2.65 bits per heavy atom. The highest BCUT2D eigenvalue weighted by atomic mass is 32.2. The van der Waals surface area contributed by atoms with E-state index in [4.69, 9.17) is 4.42 Å². The molecule has 0 aliphatic heterocycles. The predicted octanol–water partition coefficient (Wildman–Crippen LogP) is 1.80. The van der Waals surface area contributed by atoms with Crippen molar-refractivity contribution in [3.8, 4) is 0 Å². The number of amides is 2. The van der Waals surface area contributed by atoms with Gasteiger partial charge in [0, 0.05) is 14.0 Å². The molecule has 0 saturated carbocycles. The maximum Gasteiger partial charge on any atom is 0.245 e. The third-order valence-corrected chi connectivity index (χ3v) is 3.50. The number of likely N-dealkylation sites (N-methyl/N-ethyl adjacent to an activating group) is 1. The summed E-state index contributed by atoms with van der Waals surface area (Å²) in [5.41, 5.74) is 0. The van der Waals surface area contributed by atoms with Crippen LogP contribution in [0.4, 0.5) is 0 Å². The first-order valence-electron chi connectivity index (χ1n) is 6.50. The number of hydrogen-bond acceptors (Lipinski definition) is 4. The SMILES string of the molecule is CSCC[C@H](NC(C)=O)C(=O)N(C)Cc1ccc(C)o1. The van der Waals surface area contributed by atoms with Gasteiger partial charge in [0.25, 0.3) is 0 Å². The summed E-state index contributed by atoms with van der Waals surface area (Å²) >= 11 is 1.65. The Hall–Kier alpha value is -1.43. The molecular formula is C14H22N2O3S. The van der Waals surface area contributed by atoms with Crippen LogP contribution in [0.25, 0.3) is 0 Å². The zero-order valence-corrected chi connectivity index (χ0v) is 13.3. The molecular weight excluding hydrogens is 276 g/mol. The fraction of sp³-hybridized carbons (Fsp3) is 0.571. The lowest BCUT2D eigenvalue weighted by Gasteiger charge is -2.23. The van der Waals surface area contributed by atoms with Crippen molar-refractivity contribution in [2.24, 2.45) is 0 Å². The number of nitrogens with zero attached hydrogens (tertiary/aromatic N) is 1. The molecule has 1 aromatic rings. The Morgan fingerprint density at radius 2 is 2.15 bits per heavy atom. The minimum absolute atomic E-state index is 0.0942. The number of carbonyl (C=O) groups excluding carboxylic acids is 2. The topological polar surface area (TPSA) is 62.6 Å². The highest BCUT2D eigenvalue weighted by Gasteiger charge is 2.23. The first kappa shape index (κ1) is 16.6. The molecule has 1 aromatic heterocycles. The summed E-state index contributed by atoms with van der Waals surface area (Å²) < 4.78 is 5.46. The van der Waals surface area contributed by atoms with Gasteiger partial charge in [0.2, 0.25) is 11.8 Å². The summed E-state index contributed by atoms with van der Waals surface area (Å²) in [6, 6.07) is 3.25. The molecule has 5 nitrogen and oxygen atoms in total. The van der Waals surface area contributed by atoms with Crippen molar-refractivity contribution in [1.82, 2.24) is 10.2 Å². The van der Waals surface area contributed by atoms with Gasteiger partial charge in [-0.3, -0.25) is 9.59 Å². The van der Waals surface area contributed by atoms with Crippen molar-refractivity contribution in [3.05, 3.63) is 23.7 Å². The minimum atomic E-state index is -0.471. The average Bonchev–Trinajstić information content (AvgIpc) is 2.78. The van der Waals surface area contributed by atoms with Crippen LogP contribution in [-0.4, -0.2) is 41.8 Å². The second kappa shape index (κ2) is 7.99. The summed E-state index contributed by atoms with van der Waals surface area (Å²) in [5.74, 6) is 2.10. The van der Waals surface area contributed by atoms with E-state index in [-0.39, 0.29) is 11.8 Å². The average molecular weight is 298 g/mol. The maximum absolute atomic E-state index is 12.4. The Balaban J connectivity index is 2.64. The van der Waals surface area contributed by atoms with E-state index in [9.17, 15) is 9.59 Å². The molecule has 0 saturated heterocycles. The van der Waals surface area contributed by atoms with Crippen molar-refractivity contribution < 1.29 is 14.0 Å². The standard InChI is InChI=1S/C14H22N2O3S/c1-10-5-6-12(19-10)9-16(3)14(18)13(7-8-20-4)15-11(2)17/h5-6,13H,7-9H2,1-4H3,(H,15,17)/t13-/m0/s1. The number of thioether (sulfide) groups is 1.